The number of hydrogen-bond acceptors (Lipinski definition) is 6. The summed E-state index contributed by atoms with van der Waals surface area (Å²) < 4.78 is 51.5. The first-order valence-electron chi connectivity index (χ1n) is 21.8. The molecule has 314 valence electrons. The van der Waals surface area contributed by atoms with Crippen molar-refractivity contribution >= 4 is 17.5 Å². The molecule has 2 aromatic rings. The highest BCUT2D eigenvalue weighted by molar-refractivity contribution is 5.96. The molecule has 57 heavy (non-hydrogen) atoms. The average Bonchev–Trinajstić information content (AvgIpc) is 3.55. The van der Waals surface area contributed by atoms with Crippen LogP contribution in [0.1, 0.15) is 156 Å². The predicted octanol–water partition coefficient (Wildman–Crippen LogP) is 12.5. The Morgan fingerprint density at radius 1 is 0.754 bits per heavy atom. The molecule has 0 saturated heterocycles. The topological polar surface area (TPSA) is 71.1 Å². The van der Waals surface area contributed by atoms with Crippen LogP contribution in [0.2, 0.25) is 0 Å². The molecular weight excluding hydrogens is 723 g/mol. The lowest BCUT2D eigenvalue weighted by molar-refractivity contribution is -0.121. The Morgan fingerprint density at radius 2 is 1.33 bits per heavy atom. The molecule has 6 rings (SSSR count). The van der Waals surface area contributed by atoms with Gasteiger partial charge in [0.15, 0.2) is 23.1 Å². The predicted molar refractivity (Wildman–Crippen MR) is 221 cm³/mol. The first-order chi connectivity index (χ1) is 27.2. The maximum atomic E-state index is 15.6. The summed E-state index contributed by atoms with van der Waals surface area (Å²) in [5.74, 6) is 2.82. The minimum Gasteiger partial charge on any atom is -0.493 e. The Balaban J connectivity index is 1.20. The fourth-order valence-electron chi connectivity index (χ4n) is 12.9. The van der Waals surface area contributed by atoms with E-state index in [9.17, 15) is 9.59 Å². The summed E-state index contributed by atoms with van der Waals surface area (Å²) >= 11 is 0. The molecule has 0 aromatic heterocycles. The summed E-state index contributed by atoms with van der Waals surface area (Å²) in [4.78, 5) is 25.5. The van der Waals surface area contributed by atoms with Gasteiger partial charge in [-0.3, -0.25) is 0 Å². The van der Waals surface area contributed by atoms with Crippen molar-refractivity contribution < 1.29 is 37.3 Å². The third-order valence-corrected chi connectivity index (χ3v) is 15.8. The van der Waals surface area contributed by atoms with Crippen molar-refractivity contribution in [3.63, 3.8) is 0 Å². The second kappa shape index (κ2) is 17.8. The third-order valence-electron chi connectivity index (χ3n) is 15.8. The van der Waals surface area contributed by atoms with Gasteiger partial charge in [-0.25, -0.2) is 18.4 Å². The lowest BCUT2D eigenvalue weighted by Gasteiger charge is -2.61. The summed E-state index contributed by atoms with van der Waals surface area (Å²) in [5.41, 5.74) is 1.88. The number of ether oxygens (including phenoxy) is 4. The molecule has 4 aliphatic carbocycles. The average molecular weight is 791 g/mol. The van der Waals surface area contributed by atoms with Gasteiger partial charge >= 0.3 is 11.9 Å². The number of carbonyl (C=O) groups excluding carboxylic acids is 2. The van der Waals surface area contributed by atoms with Crippen LogP contribution in [0.4, 0.5) is 8.78 Å². The first-order valence-corrected chi connectivity index (χ1v) is 21.8. The summed E-state index contributed by atoms with van der Waals surface area (Å²) in [5, 5.41) is 0. The fourth-order valence-corrected chi connectivity index (χ4v) is 12.9. The zero-order valence-corrected chi connectivity index (χ0v) is 36.1. The van der Waals surface area contributed by atoms with Crippen molar-refractivity contribution in [2.75, 3.05) is 28.4 Å². The number of halogens is 2. The molecule has 0 heterocycles. The molecule has 2 aromatic carbocycles. The third kappa shape index (κ3) is 8.40. The van der Waals surface area contributed by atoms with E-state index in [0.29, 0.717) is 45.8 Å². The lowest BCUT2D eigenvalue weighted by Crippen LogP contribution is -2.53. The number of carbonyl (C=O) groups is 2. The zero-order valence-electron chi connectivity index (χ0n) is 36.1. The molecule has 4 aliphatic rings. The Kier molecular flexibility index (Phi) is 13.5. The Hall–Kier alpha value is -3.42. The van der Waals surface area contributed by atoms with Crippen LogP contribution in [-0.2, 0) is 9.47 Å². The maximum absolute atomic E-state index is 15.6. The van der Waals surface area contributed by atoms with Crippen molar-refractivity contribution in [1.29, 1.82) is 0 Å². The number of methoxy groups -OCH3 is 4. The molecule has 9 atom stereocenters. The second-order valence-electron chi connectivity index (χ2n) is 19.1. The lowest BCUT2D eigenvalue weighted by atomic mass is 9.44. The fraction of sp³-hybridized carbons (Fsp3) is 0.673. The van der Waals surface area contributed by atoms with Crippen LogP contribution >= 0.6 is 0 Å². The van der Waals surface area contributed by atoms with Crippen molar-refractivity contribution in [3.05, 3.63) is 64.2 Å². The number of hydrogen-bond donors (Lipinski definition) is 0. The van der Waals surface area contributed by atoms with Crippen LogP contribution in [-0.4, -0.2) is 40.4 Å². The number of fused-ring (bicyclic) bond motifs is 5. The number of benzene rings is 2. The largest absolute Gasteiger partial charge is 0.493 e. The summed E-state index contributed by atoms with van der Waals surface area (Å²) in [6, 6.07) is 5.55. The number of esters is 2. The van der Waals surface area contributed by atoms with Crippen molar-refractivity contribution in [2.45, 2.75) is 125 Å². The number of allylic oxidation sites excluding steroid dienone is 1. The highest BCUT2D eigenvalue weighted by Gasteiger charge is 2.60. The summed E-state index contributed by atoms with van der Waals surface area (Å²) in [6.45, 7) is 12.6. The van der Waals surface area contributed by atoms with Crippen LogP contribution in [0.3, 0.4) is 0 Å². The van der Waals surface area contributed by atoms with E-state index in [2.05, 4.69) is 34.6 Å². The molecule has 0 amide bonds. The van der Waals surface area contributed by atoms with Gasteiger partial charge in [0.1, 0.15) is 11.1 Å². The molecule has 0 radical (unpaired) electrons. The second-order valence-corrected chi connectivity index (χ2v) is 19.1. The molecule has 0 aliphatic heterocycles. The molecule has 0 N–H and O–H groups in total. The highest BCUT2D eigenvalue weighted by Crippen LogP contribution is 2.69. The van der Waals surface area contributed by atoms with Crippen molar-refractivity contribution in [1.82, 2.24) is 0 Å². The normalized spacial score (nSPS) is 29.8. The maximum Gasteiger partial charge on any atom is 0.341 e. The molecule has 8 heteroatoms. The van der Waals surface area contributed by atoms with Gasteiger partial charge in [0.05, 0.1) is 28.4 Å². The molecule has 4 saturated carbocycles. The van der Waals surface area contributed by atoms with E-state index in [1.165, 1.54) is 130 Å². The van der Waals surface area contributed by atoms with E-state index in [1.807, 2.05) is 6.08 Å². The quantitative estimate of drug-likeness (QED) is 0.178. The highest BCUT2D eigenvalue weighted by atomic mass is 19.1. The van der Waals surface area contributed by atoms with Gasteiger partial charge < -0.3 is 18.9 Å². The zero-order chi connectivity index (χ0) is 41.2. The van der Waals surface area contributed by atoms with Gasteiger partial charge in [-0.1, -0.05) is 60.0 Å². The SMILES string of the molecule is COC(=O)c1cc(C(=CCCC2CC[C@@]3(C)C(CC[C@H]4[C@@H]5CC[C@H]([C@H](C)CCCC(C)C)[C@@]5(C)CC[C@@H]43)C2)c2cc(F)c(OC)c(C(=O)OC)c2)cc(F)c1OC. The van der Waals surface area contributed by atoms with Gasteiger partial charge in [0.2, 0.25) is 0 Å². The molecule has 2 unspecified atom stereocenters. The van der Waals surface area contributed by atoms with E-state index in [0.717, 1.165) is 41.9 Å². The first kappa shape index (κ1) is 43.2. The monoisotopic (exact) mass is 790 g/mol. The van der Waals surface area contributed by atoms with Crippen LogP contribution in [0, 0.1) is 69.8 Å². The van der Waals surface area contributed by atoms with Gasteiger partial charge in [-0.15, -0.1) is 0 Å². The standard InChI is InChI=1S/C49H68F2O6/c1-29(2)12-10-13-30(3)39-18-19-40-36-17-16-34-24-31(20-22-48(34,4)41(36)21-23-49(39,40)5)14-11-15-35(32-25-37(46(52)56-8)44(54-6)42(50)27-32)33-26-38(47(53)57-9)45(55-7)43(51)28-33/h15,25-31,34,36,39-41H,10-14,16-24H2,1-9H3/t30-,31?,34?,36+,39-,40+,41+,48+,49-/m1/s1. The summed E-state index contributed by atoms with van der Waals surface area (Å²) in [7, 11) is 5.02. The van der Waals surface area contributed by atoms with Crippen LogP contribution in [0.5, 0.6) is 11.5 Å². The van der Waals surface area contributed by atoms with Crippen LogP contribution in [0.15, 0.2) is 30.3 Å². The van der Waals surface area contributed by atoms with E-state index < -0.39 is 23.6 Å². The van der Waals surface area contributed by atoms with Gasteiger partial charge in [-0.2, -0.15) is 0 Å². The molecular formula is C49H68F2O6. The molecule has 0 bridgehead atoms. The Bertz CT molecular complexity index is 1730. The van der Waals surface area contributed by atoms with Gasteiger partial charge in [0.25, 0.3) is 0 Å². The number of rotatable bonds is 14. The van der Waals surface area contributed by atoms with E-state index in [1.54, 1.807) is 0 Å². The molecule has 6 nitrogen and oxygen atoms in total. The smallest absolute Gasteiger partial charge is 0.341 e. The van der Waals surface area contributed by atoms with Crippen molar-refractivity contribution in [2.24, 2.45) is 58.2 Å². The van der Waals surface area contributed by atoms with Gasteiger partial charge in [-0.05, 0) is 170 Å². The summed E-state index contributed by atoms with van der Waals surface area (Å²) in [6.07, 6.45) is 19.7. The minimum absolute atomic E-state index is 0.0856. The minimum atomic E-state index is -0.759. The van der Waals surface area contributed by atoms with Crippen LogP contribution in [0.25, 0.3) is 5.57 Å². The molecule has 0 spiro atoms. The van der Waals surface area contributed by atoms with E-state index in [4.69, 9.17) is 18.9 Å². The van der Waals surface area contributed by atoms with Crippen molar-refractivity contribution in [3.8, 4) is 11.5 Å². The van der Waals surface area contributed by atoms with Crippen LogP contribution < -0.4 is 9.47 Å². The Morgan fingerprint density at radius 3 is 1.89 bits per heavy atom. The van der Waals surface area contributed by atoms with Gasteiger partial charge in [0, 0.05) is 0 Å². The molecule has 4 fully saturated rings. The van der Waals surface area contributed by atoms with E-state index >= 15 is 8.78 Å². The Labute approximate surface area is 340 Å². The van der Waals surface area contributed by atoms with E-state index in [-0.39, 0.29) is 22.6 Å².